The minimum Gasteiger partial charge on any atom is -0.470 e. The molecule has 0 aliphatic carbocycles. The number of anilines is 1. The first-order valence-electron chi connectivity index (χ1n) is 5.92. The second-order valence-electron chi connectivity index (χ2n) is 4.29. The van der Waals surface area contributed by atoms with Crippen LogP contribution in [0.25, 0.3) is 0 Å². The smallest absolute Gasteiger partial charge is 0.416 e. The summed E-state index contributed by atoms with van der Waals surface area (Å²) in [6.07, 6.45) is -4.91. The number of nitrogens with zero attached hydrogens (tertiary/aromatic N) is 1. The van der Waals surface area contributed by atoms with Gasteiger partial charge in [-0.3, -0.25) is 0 Å². The van der Waals surface area contributed by atoms with Gasteiger partial charge in [-0.2, -0.15) is 18.2 Å². The summed E-state index contributed by atoms with van der Waals surface area (Å²) in [5.74, 6) is -0.372. The van der Waals surface area contributed by atoms with Crippen molar-refractivity contribution in [3.05, 3.63) is 53.6 Å². The summed E-state index contributed by atoms with van der Waals surface area (Å²) in [4.78, 5) is 3.77. The summed E-state index contributed by atoms with van der Waals surface area (Å²) < 4.78 is 43.4. The number of ether oxygens (including phenoxy) is 1. The van der Waals surface area contributed by atoms with E-state index in [2.05, 4.69) is 4.98 Å². The van der Waals surface area contributed by atoms with Crippen LogP contribution in [-0.2, 0) is 6.18 Å². The Morgan fingerprint density at radius 2 is 1.80 bits per heavy atom. The van der Waals surface area contributed by atoms with Gasteiger partial charge in [-0.05, 0) is 18.6 Å². The molecule has 2 aromatic rings. The standard InChI is InChI=1S/C14H13F3N2O/c1-9(10-5-3-2-4-6-10)20-13-8-11(14(15,16)17)7-12(18)19-13/h2-9H,1H3,(H2,18,19). The van der Waals surface area contributed by atoms with Crippen LogP contribution in [-0.4, -0.2) is 4.98 Å². The van der Waals surface area contributed by atoms with Gasteiger partial charge < -0.3 is 10.5 Å². The molecule has 1 aromatic carbocycles. The molecule has 0 bridgehead atoms. The lowest BCUT2D eigenvalue weighted by atomic mass is 10.1. The first kappa shape index (κ1) is 14.2. The molecule has 2 rings (SSSR count). The van der Waals surface area contributed by atoms with Gasteiger partial charge in [0.1, 0.15) is 11.9 Å². The lowest BCUT2D eigenvalue weighted by Crippen LogP contribution is -2.10. The lowest BCUT2D eigenvalue weighted by molar-refractivity contribution is -0.137. The number of halogens is 3. The van der Waals surface area contributed by atoms with Gasteiger partial charge in [0, 0.05) is 6.07 Å². The van der Waals surface area contributed by atoms with Crippen molar-refractivity contribution in [3.63, 3.8) is 0 Å². The van der Waals surface area contributed by atoms with E-state index in [1.54, 1.807) is 6.92 Å². The van der Waals surface area contributed by atoms with Crippen molar-refractivity contribution < 1.29 is 17.9 Å². The molecule has 0 amide bonds. The van der Waals surface area contributed by atoms with Gasteiger partial charge in [-0.25, -0.2) is 0 Å². The molecule has 6 heteroatoms. The minimum atomic E-state index is -4.48. The highest BCUT2D eigenvalue weighted by molar-refractivity contribution is 5.38. The van der Waals surface area contributed by atoms with Crippen molar-refractivity contribution >= 4 is 5.82 Å². The molecular weight excluding hydrogens is 269 g/mol. The fourth-order valence-corrected chi connectivity index (χ4v) is 1.72. The second-order valence-corrected chi connectivity index (χ2v) is 4.29. The van der Waals surface area contributed by atoms with Gasteiger partial charge in [-0.1, -0.05) is 30.3 Å². The highest BCUT2D eigenvalue weighted by Gasteiger charge is 2.31. The lowest BCUT2D eigenvalue weighted by Gasteiger charge is -2.16. The molecule has 0 aliphatic rings. The molecule has 106 valence electrons. The predicted molar refractivity (Wildman–Crippen MR) is 69.1 cm³/mol. The van der Waals surface area contributed by atoms with Gasteiger partial charge in [0.2, 0.25) is 5.88 Å². The summed E-state index contributed by atoms with van der Waals surface area (Å²) in [5, 5.41) is 0. The number of aromatic nitrogens is 1. The van der Waals surface area contributed by atoms with E-state index in [-0.39, 0.29) is 11.7 Å². The van der Waals surface area contributed by atoms with E-state index in [4.69, 9.17) is 10.5 Å². The topological polar surface area (TPSA) is 48.1 Å². The third kappa shape index (κ3) is 3.40. The van der Waals surface area contributed by atoms with E-state index >= 15 is 0 Å². The van der Waals surface area contributed by atoms with E-state index in [0.29, 0.717) is 0 Å². The minimum absolute atomic E-state index is 0.145. The van der Waals surface area contributed by atoms with Gasteiger partial charge in [-0.15, -0.1) is 0 Å². The zero-order valence-electron chi connectivity index (χ0n) is 10.7. The van der Waals surface area contributed by atoms with E-state index in [1.165, 1.54) is 0 Å². The van der Waals surface area contributed by atoms with Gasteiger partial charge in [0.25, 0.3) is 0 Å². The average molecular weight is 282 g/mol. The molecule has 1 heterocycles. The fraction of sp³-hybridized carbons (Fsp3) is 0.214. The van der Waals surface area contributed by atoms with Gasteiger partial charge >= 0.3 is 6.18 Å². The molecule has 0 saturated carbocycles. The maximum Gasteiger partial charge on any atom is 0.416 e. The van der Waals surface area contributed by atoms with Crippen molar-refractivity contribution in [1.29, 1.82) is 0 Å². The maximum atomic E-state index is 12.7. The Kier molecular flexibility index (Phi) is 3.83. The van der Waals surface area contributed by atoms with Crippen LogP contribution in [0.4, 0.5) is 19.0 Å². The molecule has 1 unspecified atom stereocenters. The number of pyridine rings is 1. The zero-order valence-corrected chi connectivity index (χ0v) is 10.7. The molecule has 0 saturated heterocycles. The number of rotatable bonds is 3. The molecule has 0 fully saturated rings. The normalized spacial score (nSPS) is 13.0. The summed E-state index contributed by atoms with van der Waals surface area (Å²) >= 11 is 0. The van der Waals surface area contributed by atoms with Crippen molar-refractivity contribution in [2.24, 2.45) is 0 Å². The summed E-state index contributed by atoms with van der Waals surface area (Å²) in [6.45, 7) is 1.73. The number of hydrogen-bond donors (Lipinski definition) is 1. The molecule has 3 nitrogen and oxygen atoms in total. The number of alkyl halides is 3. The van der Waals surface area contributed by atoms with E-state index in [1.807, 2.05) is 30.3 Å². The van der Waals surface area contributed by atoms with Gasteiger partial charge in [0.05, 0.1) is 5.56 Å². The number of hydrogen-bond acceptors (Lipinski definition) is 3. The molecule has 0 aliphatic heterocycles. The van der Waals surface area contributed by atoms with Crippen LogP contribution in [0.3, 0.4) is 0 Å². The van der Waals surface area contributed by atoms with Crippen molar-refractivity contribution in [3.8, 4) is 5.88 Å². The average Bonchev–Trinajstić information content (AvgIpc) is 2.38. The van der Waals surface area contributed by atoms with Gasteiger partial charge in [0.15, 0.2) is 0 Å². The maximum absolute atomic E-state index is 12.7. The Labute approximate surface area is 114 Å². The molecule has 0 spiro atoms. The first-order valence-corrected chi connectivity index (χ1v) is 5.92. The number of benzene rings is 1. The van der Waals surface area contributed by atoms with Crippen LogP contribution in [0.2, 0.25) is 0 Å². The van der Waals surface area contributed by atoms with Crippen molar-refractivity contribution in [2.75, 3.05) is 5.73 Å². The van der Waals surface area contributed by atoms with E-state index < -0.39 is 17.8 Å². The predicted octanol–water partition coefficient (Wildman–Crippen LogP) is 3.82. The van der Waals surface area contributed by atoms with Crippen LogP contribution in [0.15, 0.2) is 42.5 Å². The van der Waals surface area contributed by atoms with Crippen LogP contribution in [0, 0.1) is 0 Å². The van der Waals surface area contributed by atoms with Crippen LogP contribution < -0.4 is 10.5 Å². The zero-order chi connectivity index (χ0) is 14.8. The molecule has 20 heavy (non-hydrogen) atoms. The number of nitrogen functional groups attached to an aromatic ring is 1. The Hall–Kier alpha value is -2.24. The summed E-state index contributed by atoms with van der Waals surface area (Å²) in [5.41, 5.74) is 5.34. The monoisotopic (exact) mass is 282 g/mol. The third-order valence-electron chi connectivity index (χ3n) is 2.72. The van der Waals surface area contributed by atoms with Crippen LogP contribution in [0.5, 0.6) is 5.88 Å². The molecule has 0 radical (unpaired) electrons. The summed E-state index contributed by atoms with van der Waals surface area (Å²) in [7, 11) is 0. The Balaban J connectivity index is 2.24. The first-order chi connectivity index (χ1) is 9.36. The van der Waals surface area contributed by atoms with E-state index in [9.17, 15) is 13.2 Å². The fourth-order valence-electron chi connectivity index (χ4n) is 1.72. The largest absolute Gasteiger partial charge is 0.470 e. The van der Waals surface area contributed by atoms with Crippen LogP contribution >= 0.6 is 0 Å². The summed E-state index contributed by atoms with van der Waals surface area (Å²) in [6, 6.07) is 10.8. The number of nitrogens with two attached hydrogens (primary N) is 1. The van der Waals surface area contributed by atoms with Crippen LogP contribution in [0.1, 0.15) is 24.2 Å². The molecule has 1 aromatic heterocycles. The molecule has 1 atom stereocenters. The Morgan fingerprint density at radius 1 is 1.15 bits per heavy atom. The second kappa shape index (κ2) is 5.40. The quantitative estimate of drug-likeness (QED) is 0.930. The van der Waals surface area contributed by atoms with Crippen molar-refractivity contribution in [1.82, 2.24) is 4.98 Å². The molecular formula is C14H13F3N2O. The highest BCUT2D eigenvalue weighted by Crippen LogP contribution is 2.33. The Morgan fingerprint density at radius 3 is 2.40 bits per heavy atom. The van der Waals surface area contributed by atoms with Crippen molar-refractivity contribution in [2.45, 2.75) is 19.2 Å². The SMILES string of the molecule is CC(Oc1cc(C(F)(F)F)cc(N)n1)c1ccccc1. The Bertz CT molecular complexity index is 585. The highest BCUT2D eigenvalue weighted by atomic mass is 19.4. The third-order valence-corrected chi connectivity index (χ3v) is 2.72. The molecule has 2 N–H and O–H groups in total. The van der Waals surface area contributed by atoms with E-state index in [0.717, 1.165) is 17.7 Å².